The number of carbonyl (C=O) groups excluding carboxylic acids is 1. The SMILES string of the molecule is Cc1nccn1-c1ccc(NC(=O)[C@@H]2C[C@H](O)CN2)cn1. The minimum absolute atomic E-state index is 0.153. The number of anilines is 1. The third-order valence-electron chi connectivity index (χ3n) is 3.51. The Morgan fingerprint density at radius 1 is 1.48 bits per heavy atom. The molecule has 3 heterocycles. The molecular formula is C14H17N5O2. The predicted molar refractivity (Wildman–Crippen MR) is 77.1 cm³/mol. The monoisotopic (exact) mass is 287 g/mol. The Kier molecular flexibility index (Phi) is 3.68. The van der Waals surface area contributed by atoms with E-state index in [1.54, 1.807) is 18.5 Å². The van der Waals surface area contributed by atoms with Gasteiger partial charge in [-0.25, -0.2) is 9.97 Å². The minimum Gasteiger partial charge on any atom is -0.392 e. The first-order chi connectivity index (χ1) is 10.1. The van der Waals surface area contributed by atoms with Crippen molar-refractivity contribution in [2.45, 2.75) is 25.5 Å². The predicted octanol–water partition coefficient (Wildman–Crippen LogP) is 0.237. The van der Waals surface area contributed by atoms with Gasteiger partial charge < -0.3 is 15.7 Å². The van der Waals surface area contributed by atoms with Crippen LogP contribution < -0.4 is 10.6 Å². The average molecular weight is 287 g/mol. The van der Waals surface area contributed by atoms with Crippen LogP contribution in [0.5, 0.6) is 0 Å². The zero-order valence-electron chi connectivity index (χ0n) is 11.7. The van der Waals surface area contributed by atoms with Gasteiger partial charge in [-0.15, -0.1) is 0 Å². The van der Waals surface area contributed by atoms with E-state index in [1.807, 2.05) is 23.8 Å². The highest BCUT2D eigenvalue weighted by Crippen LogP contribution is 2.13. The number of aliphatic hydroxyl groups is 1. The van der Waals surface area contributed by atoms with Crippen molar-refractivity contribution < 1.29 is 9.90 Å². The highest BCUT2D eigenvalue weighted by atomic mass is 16.3. The summed E-state index contributed by atoms with van der Waals surface area (Å²) < 4.78 is 1.86. The molecule has 1 saturated heterocycles. The second kappa shape index (κ2) is 5.63. The van der Waals surface area contributed by atoms with Crippen molar-refractivity contribution in [3.05, 3.63) is 36.5 Å². The van der Waals surface area contributed by atoms with Crippen molar-refractivity contribution in [1.82, 2.24) is 19.9 Å². The zero-order chi connectivity index (χ0) is 14.8. The van der Waals surface area contributed by atoms with Crippen LogP contribution in [0.4, 0.5) is 5.69 Å². The first kappa shape index (κ1) is 13.7. The average Bonchev–Trinajstić information content (AvgIpc) is 3.08. The van der Waals surface area contributed by atoms with Crippen LogP contribution in [-0.2, 0) is 4.79 Å². The lowest BCUT2D eigenvalue weighted by atomic mass is 10.2. The first-order valence-electron chi connectivity index (χ1n) is 6.82. The molecule has 0 bridgehead atoms. The van der Waals surface area contributed by atoms with Gasteiger partial charge in [0.05, 0.1) is 24.0 Å². The summed E-state index contributed by atoms with van der Waals surface area (Å²) in [4.78, 5) is 20.5. The molecule has 7 heteroatoms. The van der Waals surface area contributed by atoms with Crippen LogP contribution in [0.1, 0.15) is 12.2 Å². The molecule has 0 aliphatic carbocycles. The van der Waals surface area contributed by atoms with Crippen LogP contribution in [0, 0.1) is 6.92 Å². The van der Waals surface area contributed by atoms with Gasteiger partial charge in [0.2, 0.25) is 5.91 Å². The number of amides is 1. The summed E-state index contributed by atoms with van der Waals surface area (Å²) in [6.45, 7) is 2.35. The van der Waals surface area contributed by atoms with Gasteiger partial charge in [-0.05, 0) is 25.5 Å². The number of β-amino-alcohol motifs (C(OH)–C–C–N with tert-alkyl or cyclic N) is 1. The van der Waals surface area contributed by atoms with Crippen molar-refractivity contribution >= 4 is 11.6 Å². The maximum Gasteiger partial charge on any atom is 0.241 e. The van der Waals surface area contributed by atoms with Crippen LogP contribution in [0.25, 0.3) is 5.82 Å². The molecule has 1 aliphatic rings. The molecule has 2 atom stereocenters. The van der Waals surface area contributed by atoms with Gasteiger partial charge in [-0.3, -0.25) is 9.36 Å². The number of nitrogens with one attached hydrogen (secondary N) is 2. The van der Waals surface area contributed by atoms with E-state index in [2.05, 4.69) is 20.6 Å². The highest BCUT2D eigenvalue weighted by molar-refractivity contribution is 5.95. The number of hydrogen-bond acceptors (Lipinski definition) is 5. The number of imidazole rings is 1. The number of carbonyl (C=O) groups is 1. The van der Waals surface area contributed by atoms with E-state index in [9.17, 15) is 9.90 Å². The molecule has 3 rings (SSSR count). The number of pyridine rings is 1. The summed E-state index contributed by atoms with van der Waals surface area (Å²) in [6.07, 6.45) is 5.14. The van der Waals surface area contributed by atoms with Gasteiger partial charge in [0.15, 0.2) is 0 Å². The van der Waals surface area contributed by atoms with Crippen molar-refractivity contribution in [1.29, 1.82) is 0 Å². The van der Waals surface area contributed by atoms with Crippen LogP contribution in [0.2, 0.25) is 0 Å². The number of hydrogen-bond donors (Lipinski definition) is 3. The van der Waals surface area contributed by atoms with E-state index in [-0.39, 0.29) is 11.9 Å². The van der Waals surface area contributed by atoms with Gasteiger partial charge in [-0.2, -0.15) is 0 Å². The Hall–Kier alpha value is -2.25. The molecule has 1 amide bonds. The van der Waals surface area contributed by atoms with Crippen LogP contribution >= 0.6 is 0 Å². The second-order valence-electron chi connectivity index (χ2n) is 5.09. The van der Waals surface area contributed by atoms with E-state index < -0.39 is 6.10 Å². The number of rotatable bonds is 3. The van der Waals surface area contributed by atoms with Crippen molar-refractivity contribution in [2.24, 2.45) is 0 Å². The summed E-state index contributed by atoms with van der Waals surface area (Å²) in [5.41, 5.74) is 0.629. The largest absolute Gasteiger partial charge is 0.392 e. The molecule has 7 nitrogen and oxygen atoms in total. The number of aliphatic hydroxyl groups excluding tert-OH is 1. The highest BCUT2D eigenvalue weighted by Gasteiger charge is 2.27. The summed E-state index contributed by atoms with van der Waals surface area (Å²) in [7, 11) is 0. The van der Waals surface area contributed by atoms with Gasteiger partial charge in [-0.1, -0.05) is 0 Å². The number of aryl methyl sites for hydroxylation is 1. The molecule has 1 fully saturated rings. The Labute approximate surface area is 122 Å². The van der Waals surface area contributed by atoms with E-state index in [1.165, 1.54) is 0 Å². The molecule has 1 aliphatic heterocycles. The topological polar surface area (TPSA) is 92.1 Å². The summed E-state index contributed by atoms with van der Waals surface area (Å²) in [5.74, 6) is 1.45. The molecule has 21 heavy (non-hydrogen) atoms. The van der Waals surface area contributed by atoms with Crippen LogP contribution in [0.15, 0.2) is 30.7 Å². The van der Waals surface area contributed by atoms with Gasteiger partial charge >= 0.3 is 0 Å². The Morgan fingerprint density at radius 3 is 2.90 bits per heavy atom. The molecular weight excluding hydrogens is 270 g/mol. The maximum atomic E-state index is 12.0. The van der Waals surface area contributed by atoms with Crippen molar-refractivity contribution in [3.63, 3.8) is 0 Å². The molecule has 0 aromatic carbocycles. The molecule has 0 spiro atoms. The Morgan fingerprint density at radius 2 is 2.33 bits per heavy atom. The molecule has 2 aromatic rings. The molecule has 3 N–H and O–H groups in total. The Bertz CT molecular complexity index is 637. The number of aromatic nitrogens is 3. The molecule has 110 valence electrons. The summed E-state index contributed by atoms with van der Waals surface area (Å²) in [6, 6.07) is 3.27. The fourth-order valence-electron chi connectivity index (χ4n) is 2.37. The molecule has 0 unspecified atom stereocenters. The standard InChI is InChI=1S/C14H17N5O2/c1-9-15-4-5-19(9)13-3-2-10(7-17-13)18-14(21)12-6-11(20)8-16-12/h2-5,7,11-12,16,20H,6,8H2,1H3,(H,18,21)/t11-,12-/m0/s1. The summed E-state index contributed by atoms with van der Waals surface area (Å²) in [5, 5.41) is 15.2. The quantitative estimate of drug-likeness (QED) is 0.752. The van der Waals surface area contributed by atoms with Crippen molar-refractivity contribution in [3.8, 4) is 5.82 Å². The van der Waals surface area contributed by atoms with Gasteiger partial charge in [0, 0.05) is 18.9 Å². The van der Waals surface area contributed by atoms with E-state index >= 15 is 0 Å². The number of nitrogens with zero attached hydrogens (tertiary/aromatic N) is 3. The van der Waals surface area contributed by atoms with Gasteiger partial charge in [0.1, 0.15) is 11.6 Å². The maximum absolute atomic E-state index is 12.0. The van der Waals surface area contributed by atoms with E-state index in [0.29, 0.717) is 18.7 Å². The smallest absolute Gasteiger partial charge is 0.241 e. The Balaban J connectivity index is 1.67. The zero-order valence-corrected chi connectivity index (χ0v) is 11.7. The normalized spacial score (nSPS) is 21.4. The van der Waals surface area contributed by atoms with Gasteiger partial charge in [0.25, 0.3) is 0 Å². The lowest BCUT2D eigenvalue weighted by molar-refractivity contribution is -0.117. The van der Waals surface area contributed by atoms with E-state index in [0.717, 1.165) is 11.6 Å². The third kappa shape index (κ3) is 2.93. The van der Waals surface area contributed by atoms with Crippen LogP contribution in [0.3, 0.4) is 0 Å². The fraction of sp³-hybridized carbons (Fsp3) is 0.357. The first-order valence-corrected chi connectivity index (χ1v) is 6.82. The molecule has 0 saturated carbocycles. The molecule has 0 radical (unpaired) electrons. The third-order valence-corrected chi connectivity index (χ3v) is 3.51. The second-order valence-corrected chi connectivity index (χ2v) is 5.09. The van der Waals surface area contributed by atoms with Crippen LogP contribution in [-0.4, -0.2) is 44.2 Å². The fourth-order valence-corrected chi connectivity index (χ4v) is 2.37. The minimum atomic E-state index is -0.453. The lowest BCUT2D eigenvalue weighted by Crippen LogP contribution is -2.35. The lowest BCUT2D eigenvalue weighted by Gasteiger charge is -2.11. The summed E-state index contributed by atoms with van der Waals surface area (Å²) >= 11 is 0. The van der Waals surface area contributed by atoms with E-state index in [4.69, 9.17) is 0 Å². The molecule has 2 aromatic heterocycles. The van der Waals surface area contributed by atoms with Crippen molar-refractivity contribution in [2.75, 3.05) is 11.9 Å².